The summed E-state index contributed by atoms with van der Waals surface area (Å²) in [6, 6.07) is 6.41. The molecule has 1 atom stereocenters. The second kappa shape index (κ2) is 5.05. The maximum absolute atomic E-state index is 13.0. The predicted molar refractivity (Wildman–Crippen MR) is 61.0 cm³/mol. The van der Waals surface area contributed by atoms with E-state index < -0.39 is 0 Å². The van der Waals surface area contributed by atoms with E-state index in [-0.39, 0.29) is 11.9 Å². The van der Waals surface area contributed by atoms with Gasteiger partial charge in [-0.2, -0.15) is 4.98 Å². The molecular formula is C12H14FN3O. The first kappa shape index (κ1) is 11.7. The first-order chi connectivity index (χ1) is 8.19. The maximum Gasteiger partial charge on any atom is 0.231 e. The molecule has 0 aliphatic carbocycles. The molecule has 0 radical (unpaired) electrons. The van der Waals surface area contributed by atoms with Crippen molar-refractivity contribution >= 4 is 0 Å². The molecule has 1 aromatic heterocycles. The largest absolute Gasteiger partial charge is 0.339 e. The van der Waals surface area contributed by atoms with Crippen LogP contribution >= 0.6 is 0 Å². The third kappa shape index (κ3) is 2.88. The van der Waals surface area contributed by atoms with Gasteiger partial charge < -0.3 is 9.84 Å². The Morgan fingerprint density at radius 3 is 3.00 bits per heavy atom. The lowest BCUT2D eigenvalue weighted by atomic mass is 10.1. The van der Waals surface area contributed by atoms with Crippen molar-refractivity contribution < 1.29 is 8.91 Å². The van der Waals surface area contributed by atoms with Crippen LogP contribution in [0.25, 0.3) is 0 Å². The lowest BCUT2D eigenvalue weighted by molar-refractivity contribution is 0.374. The van der Waals surface area contributed by atoms with Crippen LogP contribution in [-0.2, 0) is 6.42 Å². The van der Waals surface area contributed by atoms with Crippen molar-refractivity contribution in [3.8, 4) is 0 Å². The standard InChI is InChI=1S/C12H14FN3O/c1-8(14-2)12-15-11(17-16-12)7-9-4-3-5-10(13)6-9/h3-6,8,14H,7H2,1-2H3. The van der Waals surface area contributed by atoms with Crippen LogP contribution in [0.5, 0.6) is 0 Å². The monoisotopic (exact) mass is 235 g/mol. The Morgan fingerprint density at radius 2 is 2.29 bits per heavy atom. The SMILES string of the molecule is CNC(C)c1noc(Cc2cccc(F)c2)n1. The van der Waals surface area contributed by atoms with Gasteiger partial charge in [-0.25, -0.2) is 4.39 Å². The zero-order valence-corrected chi connectivity index (χ0v) is 9.77. The Bertz CT molecular complexity index is 498. The fourth-order valence-electron chi connectivity index (χ4n) is 1.47. The topological polar surface area (TPSA) is 51.0 Å². The number of halogens is 1. The minimum absolute atomic E-state index is 0.0417. The molecule has 2 rings (SSSR count). The van der Waals surface area contributed by atoms with E-state index in [1.807, 2.05) is 20.0 Å². The molecule has 0 bridgehead atoms. The number of hydrogen-bond donors (Lipinski definition) is 1. The summed E-state index contributed by atoms with van der Waals surface area (Å²) in [6.07, 6.45) is 0.446. The third-order valence-corrected chi connectivity index (χ3v) is 2.55. The second-order valence-corrected chi connectivity index (χ2v) is 3.86. The van der Waals surface area contributed by atoms with Gasteiger partial charge in [0.15, 0.2) is 5.82 Å². The van der Waals surface area contributed by atoms with Crippen LogP contribution < -0.4 is 5.32 Å². The first-order valence-electron chi connectivity index (χ1n) is 5.43. The van der Waals surface area contributed by atoms with Crippen LogP contribution in [0.2, 0.25) is 0 Å². The van der Waals surface area contributed by atoms with E-state index in [0.29, 0.717) is 18.1 Å². The van der Waals surface area contributed by atoms with Gasteiger partial charge in [0.25, 0.3) is 0 Å². The van der Waals surface area contributed by atoms with Crippen LogP contribution in [0.4, 0.5) is 4.39 Å². The van der Waals surface area contributed by atoms with Gasteiger partial charge in [0.1, 0.15) is 5.82 Å². The van der Waals surface area contributed by atoms with Gasteiger partial charge >= 0.3 is 0 Å². The van der Waals surface area contributed by atoms with Crippen molar-refractivity contribution in [2.45, 2.75) is 19.4 Å². The van der Waals surface area contributed by atoms with Gasteiger partial charge in [-0.3, -0.25) is 0 Å². The van der Waals surface area contributed by atoms with Gasteiger partial charge in [0.05, 0.1) is 12.5 Å². The van der Waals surface area contributed by atoms with Crippen LogP contribution in [0, 0.1) is 5.82 Å². The minimum atomic E-state index is -0.258. The summed E-state index contributed by atoms with van der Waals surface area (Å²) in [5.74, 6) is 0.845. The Hall–Kier alpha value is -1.75. The summed E-state index contributed by atoms with van der Waals surface area (Å²) in [7, 11) is 1.83. The summed E-state index contributed by atoms with van der Waals surface area (Å²) >= 11 is 0. The molecule has 1 heterocycles. The highest BCUT2D eigenvalue weighted by Crippen LogP contribution is 2.12. The molecule has 0 saturated heterocycles. The molecule has 0 aliphatic rings. The molecule has 5 heteroatoms. The molecule has 2 aromatic rings. The highest BCUT2D eigenvalue weighted by Gasteiger charge is 2.12. The smallest absolute Gasteiger partial charge is 0.231 e. The van der Waals surface area contributed by atoms with Gasteiger partial charge in [-0.15, -0.1) is 0 Å². The van der Waals surface area contributed by atoms with Crippen molar-refractivity contribution in [2.24, 2.45) is 0 Å². The number of benzene rings is 1. The molecule has 0 spiro atoms. The molecular weight excluding hydrogens is 221 g/mol. The van der Waals surface area contributed by atoms with E-state index in [1.165, 1.54) is 12.1 Å². The first-order valence-corrected chi connectivity index (χ1v) is 5.43. The number of nitrogens with one attached hydrogen (secondary N) is 1. The Labute approximate surface area is 98.8 Å². The quantitative estimate of drug-likeness (QED) is 0.881. The molecule has 0 saturated carbocycles. The number of hydrogen-bond acceptors (Lipinski definition) is 4. The van der Waals surface area contributed by atoms with Crippen LogP contribution in [0.3, 0.4) is 0 Å². The number of nitrogens with zero attached hydrogens (tertiary/aromatic N) is 2. The second-order valence-electron chi connectivity index (χ2n) is 3.86. The Kier molecular flexibility index (Phi) is 3.49. The lowest BCUT2D eigenvalue weighted by Crippen LogP contribution is -2.13. The van der Waals surface area contributed by atoms with E-state index in [9.17, 15) is 4.39 Å². The van der Waals surface area contributed by atoms with E-state index in [1.54, 1.807) is 6.07 Å². The molecule has 0 amide bonds. The molecule has 1 unspecified atom stereocenters. The fourth-order valence-corrected chi connectivity index (χ4v) is 1.47. The third-order valence-electron chi connectivity index (χ3n) is 2.55. The van der Waals surface area contributed by atoms with E-state index in [2.05, 4.69) is 15.5 Å². The van der Waals surface area contributed by atoms with E-state index >= 15 is 0 Å². The van der Waals surface area contributed by atoms with Crippen LogP contribution in [0.15, 0.2) is 28.8 Å². The van der Waals surface area contributed by atoms with Gasteiger partial charge in [0.2, 0.25) is 5.89 Å². The van der Waals surface area contributed by atoms with Crippen LogP contribution in [0.1, 0.15) is 30.2 Å². The summed E-state index contributed by atoms with van der Waals surface area (Å²) in [5.41, 5.74) is 0.817. The van der Waals surface area contributed by atoms with Crippen molar-refractivity contribution in [1.29, 1.82) is 0 Å². The molecule has 17 heavy (non-hydrogen) atoms. The van der Waals surface area contributed by atoms with Crippen LogP contribution in [-0.4, -0.2) is 17.2 Å². The van der Waals surface area contributed by atoms with E-state index in [0.717, 1.165) is 5.56 Å². The van der Waals surface area contributed by atoms with E-state index in [4.69, 9.17) is 4.52 Å². The van der Waals surface area contributed by atoms with Gasteiger partial charge in [0, 0.05) is 0 Å². The average molecular weight is 235 g/mol. The summed E-state index contributed by atoms with van der Waals surface area (Å²) in [4.78, 5) is 4.24. The normalized spacial score (nSPS) is 12.6. The summed E-state index contributed by atoms with van der Waals surface area (Å²) < 4.78 is 18.1. The summed E-state index contributed by atoms with van der Waals surface area (Å²) in [5, 5.41) is 6.89. The highest BCUT2D eigenvalue weighted by molar-refractivity contribution is 5.19. The number of aromatic nitrogens is 2. The zero-order valence-electron chi connectivity index (χ0n) is 9.77. The Balaban J connectivity index is 2.11. The van der Waals surface area contributed by atoms with Crippen molar-refractivity contribution in [3.05, 3.63) is 47.4 Å². The van der Waals surface area contributed by atoms with Gasteiger partial charge in [-0.05, 0) is 31.7 Å². The molecule has 0 aliphatic heterocycles. The molecule has 90 valence electrons. The molecule has 0 fully saturated rings. The van der Waals surface area contributed by atoms with Crippen molar-refractivity contribution in [3.63, 3.8) is 0 Å². The predicted octanol–water partition coefficient (Wildman–Crippen LogP) is 2.08. The van der Waals surface area contributed by atoms with Gasteiger partial charge in [-0.1, -0.05) is 17.3 Å². The molecule has 1 N–H and O–H groups in total. The molecule has 1 aromatic carbocycles. The zero-order chi connectivity index (χ0) is 12.3. The minimum Gasteiger partial charge on any atom is -0.339 e. The lowest BCUT2D eigenvalue weighted by Gasteiger charge is -2.01. The van der Waals surface area contributed by atoms with Crippen molar-refractivity contribution in [1.82, 2.24) is 15.5 Å². The van der Waals surface area contributed by atoms with Crippen molar-refractivity contribution in [2.75, 3.05) is 7.05 Å². The maximum atomic E-state index is 13.0. The summed E-state index contributed by atoms with van der Waals surface area (Å²) in [6.45, 7) is 1.94. The fraction of sp³-hybridized carbons (Fsp3) is 0.333. The average Bonchev–Trinajstić information content (AvgIpc) is 2.76. The molecule has 4 nitrogen and oxygen atoms in total. The Morgan fingerprint density at radius 1 is 1.47 bits per heavy atom. The highest BCUT2D eigenvalue weighted by atomic mass is 19.1. The number of rotatable bonds is 4.